The third kappa shape index (κ3) is 8.47. The van der Waals surface area contributed by atoms with Gasteiger partial charge in [-0.1, -0.05) is 36.4 Å². The van der Waals surface area contributed by atoms with E-state index < -0.39 is 23.4 Å². The summed E-state index contributed by atoms with van der Waals surface area (Å²) in [7, 11) is 5.46. The van der Waals surface area contributed by atoms with Gasteiger partial charge in [0.05, 0.1) is 25.3 Å². The number of fused-ring (bicyclic) bond motifs is 4. The fraction of sp³-hybridized carbons (Fsp3) is 0.442. The summed E-state index contributed by atoms with van der Waals surface area (Å²) in [5.41, 5.74) is 9.53. The highest BCUT2D eigenvalue weighted by Gasteiger charge is 2.37. The zero-order valence-corrected chi connectivity index (χ0v) is 32.0. The first-order valence-electron chi connectivity index (χ1n) is 18.7. The average molecular weight is 743 g/mol. The number of anilines is 1. The summed E-state index contributed by atoms with van der Waals surface area (Å²) in [4.78, 5) is 29.3. The van der Waals surface area contributed by atoms with Gasteiger partial charge in [0.15, 0.2) is 0 Å². The first-order valence-corrected chi connectivity index (χ1v) is 18.7. The third-order valence-electron chi connectivity index (χ3n) is 11.4. The van der Waals surface area contributed by atoms with E-state index in [9.17, 15) is 18.4 Å². The predicted octanol–water partition coefficient (Wildman–Crippen LogP) is 7.38. The fourth-order valence-corrected chi connectivity index (χ4v) is 8.37. The number of rotatable bonds is 10. The van der Waals surface area contributed by atoms with Crippen LogP contribution in [0.15, 0.2) is 60.7 Å². The van der Waals surface area contributed by atoms with E-state index in [2.05, 4.69) is 21.7 Å². The van der Waals surface area contributed by atoms with Gasteiger partial charge in [-0.15, -0.1) is 0 Å². The van der Waals surface area contributed by atoms with E-state index in [1.54, 1.807) is 28.1 Å². The van der Waals surface area contributed by atoms with Crippen molar-refractivity contribution >= 4 is 28.3 Å². The number of halogens is 2. The molecule has 4 aliphatic rings. The molecule has 2 bridgehead atoms. The SMILES string of the molecule is COc1cc(CN2CCC(C)(F)CC2)cc(OC)c1-c1cccc2c(CCC(=O)O)cccc12.Cc1cc(N2CC3CCC2CN3C)cc(F)c1C(N)=O. The quantitative estimate of drug-likeness (QED) is 0.173. The molecule has 4 aromatic rings. The number of hydrogen-bond donors (Lipinski definition) is 2. The van der Waals surface area contributed by atoms with Crippen LogP contribution in [0.5, 0.6) is 11.5 Å². The van der Waals surface area contributed by atoms with E-state index in [4.69, 9.17) is 20.3 Å². The Morgan fingerprint density at radius 2 is 1.59 bits per heavy atom. The minimum absolute atomic E-state index is 0.00744. The molecule has 0 aliphatic carbocycles. The van der Waals surface area contributed by atoms with Crippen molar-refractivity contribution in [2.75, 3.05) is 52.3 Å². The van der Waals surface area contributed by atoms with Gasteiger partial charge in [0.1, 0.15) is 23.0 Å². The number of alkyl halides is 1. The molecule has 8 rings (SSSR count). The van der Waals surface area contributed by atoms with E-state index in [0.29, 0.717) is 55.0 Å². The van der Waals surface area contributed by atoms with Gasteiger partial charge >= 0.3 is 5.97 Å². The number of piperidine rings is 3. The first-order chi connectivity index (χ1) is 25.8. The number of ether oxygens (including phenoxy) is 2. The van der Waals surface area contributed by atoms with Crippen molar-refractivity contribution in [2.45, 2.75) is 76.7 Å². The number of methoxy groups -OCH3 is 2. The van der Waals surface area contributed by atoms with E-state index in [-0.39, 0.29) is 12.0 Å². The molecule has 4 heterocycles. The Bertz CT molecular complexity index is 1960. The molecule has 4 aromatic carbocycles. The number of amides is 1. The molecule has 4 aliphatic heterocycles. The zero-order chi connectivity index (χ0) is 38.7. The molecule has 0 radical (unpaired) electrons. The Hall–Kier alpha value is -4.74. The lowest BCUT2D eigenvalue weighted by atomic mass is 9.90. The second kappa shape index (κ2) is 16.3. The van der Waals surface area contributed by atoms with Crippen molar-refractivity contribution in [1.29, 1.82) is 0 Å². The standard InChI is InChI=1S/C28H32FNO4.C15H20FN3O/c1-28(29)12-14-30(15-13-28)18-19-16-24(33-2)27(25(17-19)34-3)23-9-5-7-21-20(10-11-26(31)32)6-4-8-22(21)23;1-9-5-12(6-13(16)14(9)15(17)20)19-8-10-3-4-11(19)7-18(10)2/h4-9,16-17H,10-15,18H2,1-3H3,(H,31,32);5-6,10-11H,3-4,7-8H2,1-2H3,(H2,17,20). The molecule has 0 saturated carbocycles. The highest BCUT2D eigenvalue weighted by molar-refractivity contribution is 6.01. The molecule has 9 nitrogen and oxygen atoms in total. The second-order valence-electron chi connectivity index (χ2n) is 15.2. The maximum absolute atomic E-state index is 14.2. The van der Waals surface area contributed by atoms with Crippen LogP contribution >= 0.6 is 0 Å². The largest absolute Gasteiger partial charge is 0.496 e. The maximum Gasteiger partial charge on any atom is 0.303 e. The van der Waals surface area contributed by atoms with Crippen molar-refractivity contribution in [1.82, 2.24) is 9.80 Å². The number of likely N-dealkylation sites (N-methyl/N-ethyl adjacent to an activating group) is 1. The second-order valence-corrected chi connectivity index (χ2v) is 15.2. The number of carboxylic acids is 1. The minimum Gasteiger partial charge on any atom is -0.496 e. The minimum atomic E-state index is -1.08. The molecule has 0 aromatic heterocycles. The first kappa shape index (κ1) is 39.0. The van der Waals surface area contributed by atoms with E-state index in [0.717, 1.165) is 71.3 Å². The van der Waals surface area contributed by atoms with E-state index >= 15 is 0 Å². The number of hydrogen-bond acceptors (Lipinski definition) is 7. The van der Waals surface area contributed by atoms with Gasteiger partial charge < -0.3 is 25.2 Å². The number of carbonyl (C=O) groups excluding carboxylic acids is 1. The Morgan fingerprint density at radius 1 is 0.944 bits per heavy atom. The molecule has 1 amide bonds. The van der Waals surface area contributed by atoms with Gasteiger partial charge in [0.25, 0.3) is 5.91 Å². The van der Waals surface area contributed by atoms with Crippen molar-refractivity contribution in [3.63, 3.8) is 0 Å². The number of carbonyl (C=O) groups is 2. The highest BCUT2D eigenvalue weighted by atomic mass is 19.1. The number of nitrogens with two attached hydrogens (primary N) is 1. The topological polar surface area (TPSA) is 109 Å². The van der Waals surface area contributed by atoms with Crippen LogP contribution in [-0.4, -0.2) is 92.0 Å². The molecule has 0 spiro atoms. The summed E-state index contributed by atoms with van der Waals surface area (Å²) in [5.74, 6) is -0.596. The molecule has 288 valence electrons. The van der Waals surface area contributed by atoms with E-state index in [1.165, 1.54) is 12.5 Å². The summed E-state index contributed by atoms with van der Waals surface area (Å²) in [5, 5.41) is 11.2. The number of benzene rings is 4. The summed E-state index contributed by atoms with van der Waals surface area (Å²) in [6.45, 7) is 7.52. The van der Waals surface area contributed by atoms with Gasteiger partial charge in [-0.05, 0) is 110 Å². The normalized spacial score (nSPS) is 19.6. The summed E-state index contributed by atoms with van der Waals surface area (Å²) < 4.78 is 40.0. The number of carboxylic acid groups (broad SMARTS) is 1. The van der Waals surface area contributed by atoms with Crippen LogP contribution < -0.4 is 20.1 Å². The molecular formula is C43H52F2N4O5. The van der Waals surface area contributed by atoms with Crippen LogP contribution in [0.3, 0.4) is 0 Å². The number of likely N-dealkylation sites (tertiary alicyclic amines) is 1. The molecule has 2 unspecified atom stereocenters. The number of piperazine rings is 1. The van der Waals surface area contributed by atoms with Crippen LogP contribution in [-0.2, 0) is 17.8 Å². The smallest absolute Gasteiger partial charge is 0.303 e. The van der Waals surface area contributed by atoms with Crippen molar-refractivity contribution in [2.24, 2.45) is 5.73 Å². The summed E-state index contributed by atoms with van der Waals surface area (Å²) in [6.07, 6.45) is 3.99. The molecule has 3 N–H and O–H groups in total. The zero-order valence-electron chi connectivity index (χ0n) is 32.0. The average Bonchev–Trinajstić information content (AvgIpc) is 3.14. The van der Waals surface area contributed by atoms with Gasteiger partial charge in [-0.2, -0.15) is 0 Å². The van der Waals surface area contributed by atoms with Gasteiger partial charge in [0, 0.05) is 56.9 Å². The molecular weight excluding hydrogens is 690 g/mol. The van der Waals surface area contributed by atoms with Gasteiger partial charge in [-0.25, -0.2) is 8.78 Å². The molecule has 4 fully saturated rings. The monoisotopic (exact) mass is 742 g/mol. The number of aryl methyl sites for hydroxylation is 2. The van der Waals surface area contributed by atoms with Crippen LogP contribution in [0.4, 0.5) is 14.5 Å². The summed E-state index contributed by atoms with van der Waals surface area (Å²) in [6, 6.07) is 20.4. The Morgan fingerprint density at radius 3 is 2.17 bits per heavy atom. The van der Waals surface area contributed by atoms with Crippen LogP contribution in [0.25, 0.3) is 21.9 Å². The molecule has 54 heavy (non-hydrogen) atoms. The van der Waals surface area contributed by atoms with Crippen molar-refractivity contribution in [3.8, 4) is 22.6 Å². The Kier molecular flexibility index (Phi) is 11.8. The summed E-state index contributed by atoms with van der Waals surface area (Å²) >= 11 is 0. The fourth-order valence-electron chi connectivity index (χ4n) is 8.37. The molecule has 4 saturated heterocycles. The van der Waals surface area contributed by atoms with Gasteiger partial charge in [-0.3, -0.25) is 19.4 Å². The number of nitrogens with zero attached hydrogens (tertiary/aromatic N) is 3. The van der Waals surface area contributed by atoms with Crippen LogP contribution in [0.1, 0.15) is 66.1 Å². The number of aliphatic carboxylic acids is 1. The number of primary amides is 1. The Balaban J connectivity index is 0.000000210. The maximum atomic E-state index is 14.2. The predicted molar refractivity (Wildman–Crippen MR) is 209 cm³/mol. The lowest BCUT2D eigenvalue weighted by molar-refractivity contribution is -0.136. The molecule has 2 atom stereocenters. The lowest BCUT2D eigenvalue weighted by Crippen LogP contribution is -2.61. The van der Waals surface area contributed by atoms with Crippen LogP contribution in [0, 0.1) is 12.7 Å². The van der Waals surface area contributed by atoms with Crippen molar-refractivity contribution in [3.05, 3.63) is 88.7 Å². The van der Waals surface area contributed by atoms with Crippen LogP contribution in [0.2, 0.25) is 0 Å². The third-order valence-corrected chi connectivity index (χ3v) is 11.4. The highest BCUT2D eigenvalue weighted by Crippen LogP contribution is 2.43. The molecule has 11 heteroatoms. The Labute approximate surface area is 316 Å². The van der Waals surface area contributed by atoms with Gasteiger partial charge in [0.2, 0.25) is 0 Å². The van der Waals surface area contributed by atoms with Crippen molar-refractivity contribution < 1.29 is 33.0 Å². The lowest BCUT2D eigenvalue weighted by Gasteiger charge is -2.51. The van der Waals surface area contributed by atoms with E-state index in [1.807, 2.05) is 54.6 Å².